The molecule has 0 aliphatic carbocycles. The second kappa shape index (κ2) is 5.96. The van der Waals surface area contributed by atoms with Gasteiger partial charge in [0.15, 0.2) is 5.03 Å². The van der Waals surface area contributed by atoms with Crippen LogP contribution in [0.2, 0.25) is 0 Å². The van der Waals surface area contributed by atoms with Gasteiger partial charge in [0.2, 0.25) is 0 Å². The van der Waals surface area contributed by atoms with E-state index >= 15 is 0 Å². The number of aliphatic hydroxyl groups excluding tert-OH is 1. The molecule has 108 valence electrons. The van der Waals surface area contributed by atoms with Gasteiger partial charge in [-0.25, -0.2) is 18.4 Å². The number of aryl methyl sites for hydroxylation is 1. The Balaban J connectivity index is 2.22. The van der Waals surface area contributed by atoms with Crippen LogP contribution in [-0.4, -0.2) is 34.8 Å². The molecule has 1 N–H and O–H groups in total. The summed E-state index contributed by atoms with van der Waals surface area (Å²) in [5.74, 6) is 0. The minimum absolute atomic E-state index is 0.0284. The maximum atomic E-state index is 12.4. The molecular formula is C12H15N3O3S2. The first kappa shape index (κ1) is 15.0. The van der Waals surface area contributed by atoms with E-state index in [1.807, 2.05) is 6.92 Å². The third kappa shape index (κ3) is 3.04. The smallest absolute Gasteiger partial charge is 0.260 e. The van der Waals surface area contributed by atoms with E-state index in [2.05, 4.69) is 9.97 Å². The van der Waals surface area contributed by atoms with Crippen molar-refractivity contribution in [3.63, 3.8) is 0 Å². The predicted octanol–water partition coefficient (Wildman–Crippen LogP) is 1.16. The van der Waals surface area contributed by atoms with Crippen molar-refractivity contribution in [2.24, 2.45) is 0 Å². The number of nitrogens with zero attached hydrogens (tertiary/aromatic N) is 3. The van der Waals surface area contributed by atoms with E-state index in [1.165, 1.54) is 35.0 Å². The average Bonchev–Trinajstić information content (AvgIpc) is 2.84. The minimum atomic E-state index is -3.64. The third-order valence-electron chi connectivity index (χ3n) is 2.87. The van der Waals surface area contributed by atoms with Crippen molar-refractivity contribution in [1.29, 1.82) is 0 Å². The highest BCUT2D eigenvalue weighted by Gasteiger charge is 2.23. The van der Waals surface area contributed by atoms with Crippen LogP contribution in [0.15, 0.2) is 28.9 Å². The number of rotatable bonds is 5. The molecule has 0 saturated carbocycles. The van der Waals surface area contributed by atoms with Crippen molar-refractivity contribution in [3.8, 4) is 0 Å². The number of aliphatic hydroxyl groups is 1. The van der Waals surface area contributed by atoms with Gasteiger partial charge in [-0.15, -0.1) is 11.3 Å². The van der Waals surface area contributed by atoms with Crippen molar-refractivity contribution in [2.75, 3.05) is 7.05 Å². The van der Waals surface area contributed by atoms with E-state index in [9.17, 15) is 8.42 Å². The van der Waals surface area contributed by atoms with E-state index in [0.29, 0.717) is 5.56 Å². The van der Waals surface area contributed by atoms with Crippen LogP contribution in [0.5, 0.6) is 0 Å². The zero-order valence-corrected chi connectivity index (χ0v) is 12.8. The standard InChI is InChI=1S/C12H15N3O3S2/c1-9-11(19-8-14-9)6-15(2)20(17,18)12-4-3-10(7-16)5-13-12/h3-5,8,16H,6-7H2,1-2H3. The first-order valence-electron chi connectivity index (χ1n) is 5.86. The van der Waals surface area contributed by atoms with Crippen LogP contribution in [0.3, 0.4) is 0 Å². The van der Waals surface area contributed by atoms with E-state index in [-0.39, 0.29) is 18.2 Å². The van der Waals surface area contributed by atoms with Gasteiger partial charge in [0, 0.05) is 24.7 Å². The molecule has 0 aliphatic rings. The number of hydrogen-bond donors (Lipinski definition) is 1. The van der Waals surface area contributed by atoms with Gasteiger partial charge in [-0.05, 0) is 18.6 Å². The van der Waals surface area contributed by atoms with Gasteiger partial charge >= 0.3 is 0 Å². The summed E-state index contributed by atoms with van der Waals surface area (Å²) in [6.45, 7) is 1.95. The SMILES string of the molecule is Cc1ncsc1CN(C)S(=O)(=O)c1ccc(CO)cn1. The van der Waals surface area contributed by atoms with E-state index in [4.69, 9.17) is 5.11 Å². The number of thiazole rings is 1. The zero-order valence-electron chi connectivity index (χ0n) is 11.1. The largest absolute Gasteiger partial charge is 0.392 e. The van der Waals surface area contributed by atoms with Gasteiger partial charge in [0.1, 0.15) is 0 Å². The molecule has 0 spiro atoms. The molecule has 2 rings (SSSR count). The van der Waals surface area contributed by atoms with E-state index in [0.717, 1.165) is 10.6 Å². The maximum Gasteiger partial charge on any atom is 0.260 e. The van der Waals surface area contributed by atoms with Crippen LogP contribution in [0, 0.1) is 6.92 Å². The third-order valence-corrected chi connectivity index (χ3v) is 5.51. The number of aromatic nitrogens is 2. The van der Waals surface area contributed by atoms with Crippen LogP contribution in [0.4, 0.5) is 0 Å². The van der Waals surface area contributed by atoms with Crippen molar-refractivity contribution < 1.29 is 13.5 Å². The fourth-order valence-corrected chi connectivity index (χ4v) is 3.54. The summed E-state index contributed by atoms with van der Waals surface area (Å²) < 4.78 is 26.0. The number of sulfonamides is 1. The quantitative estimate of drug-likeness (QED) is 0.895. The molecule has 0 radical (unpaired) electrons. The van der Waals surface area contributed by atoms with Gasteiger partial charge in [-0.3, -0.25) is 0 Å². The Kier molecular flexibility index (Phi) is 4.48. The minimum Gasteiger partial charge on any atom is -0.392 e. The molecular weight excluding hydrogens is 298 g/mol. The molecule has 0 amide bonds. The molecule has 2 heterocycles. The Hall–Kier alpha value is -1.35. The molecule has 8 heteroatoms. The van der Waals surface area contributed by atoms with Crippen LogP contribution in [0.25, 0.3) is 0 Å². The summed E-state index contributed by atoms with van der Waals surface area (Å²) in [5.41, 5.74) is 3.10. The topological polar surface area (TPSA) is 83.4 Å². The molecule has 20 heavy (non-hydrogen) atoms. The first-order chi connectivity index (χ1) is 9.45. The molecule has 0 fully saturated rings. The van der Waals surface area contributed by atoms with E-state index in [1.54, 1.807) is 11.6 Å². The molecule has 0 aliphatic heterocycles. The fraction of sp³-hybridized carbons (Fsp3) is 0.333. The summed E-state index contributed by atoms with van der Waals surface area (Å²) in [4.78, 5) is 8.90. The molecule has 6 nitrogen and oxygen atoms in total. The Morgan fingerprint density at radius 3 is 2.60 bits per heavy atom. The summed E-state index contributed by atoms with van der Waals surface area (Å²) in [6, 6.07) is 2.95. The second-order valence-corrected chi connectivity index (χ2v) is 7.22. The summed E-state index contributed by atoms with van der Waals surface area (Å²) in [6.07, 6.45) is 1.36. The Morgan fingerprint density at radius 2 is 2.10 bits per heavy atom. The lowest BCUT2D eigenvalue weighted by Gasteiger charge is -2.16. The average molecular weight is 313 g/mol. The van der Waals surface area contributed by atoms with Gasteiger partial charge in [-0.1, -0.05) is 6.07 Å². The monoisotopic (exact) mass is 313 g/mol. The Bertz CT molecular complexity index is 680. The van der Waals surface area contributed by atoms with Crippen molar-refractivity contribution >= 4 is 21.4 Å². The van der Waals surface area contributed by atoms with Gasteiger partial charge < -0.3 is 5.11 Å². The highest BCUT2D eigenvalue weighted by atomic mass is 32.2. The van der Waals surface area contributed by atoms with Crippen molar-refractivity contribution in [3.05, 3.63) is 40.0 Å². The number of pyridine rings is 1. The Labute approximate surface area is 121 Å². The Morgan fingerprint density at radius 1 is 1.35 bits per heavy atom. The lowest BCUT2D eigenvalue weighted by molar-refractivity contribution is 0.281. The fourth-order valence-electron chi connectivity index (χ4n) is 1.58. The van der Waals surface area contributed by atoms with Gasteiger partial charge in [0.25, 0.3) is 10.0 Å². The highest BCUT2D eigenvalue weighted by molar-refractivity contribution is 7.89. The maximum absolute atomic E-state index is 12.4. The molecule has 0 aromatic carbocycles. The molecule has 0 saturated heterocycles. The summed E-state index contributed by atoms with van der Waals surface area (Å²) in [5, 5.41) is 8.91. The highest BCUT2D eigenvalue weighted by Crippen LogP contribution is 2.19. The van der Waals surface area contributed by atoms with Crippen LogP contribution in [0.1, 0.15) is 16.1 Å². The summed E-state index contributed by atoms with van der Waals surface area (Å²) >= 11 is 1.42. The summed E-state index contributed by atoms with van der Waals surface area (Å²) in [7, 11) is -2.13. The molecule has 2 aromatic heterocycles. The van der Waals surface area contributed by atoms with Crippen LogP contribution < -0.4 is 0 Å². The molecule has 0 atom stereocenters. The first-order valence-corrected chi connectivity index (χ1v) is 8.18. The van der Waals surface area contributed by atoms with E-state index < -0.39 is 10.0 Å². The van der Waals surface area contributed by atoms with Gasteiger partial charge in [-0.2, -0.15) is 4.31 Å². The molecule has 0 unspecified atom stereocenters. The zero-order chi connectivity index (χ0) is 14.8. The van der Waals surface area contributed by atoms with Crippen molar-refractivity contribution in [2.45, 2.75) is 25.1 Å². The number of hydrogen-bond acceptors (Lipinski definition) is 6. The molecule has 0 bridgehead atoms. The van der Waals surface area contributed by atoms with Crippen molar-refractivity contribution in [1.82, 2.24) is 14.3 Å². The van der Waals surface area contributed by atoms with Crippen LogP contribution >= 0.6 is 11.3 Å². The van der Waals surface area contributed by atoms with Gasteiger partial charge in [0.05, 0.1) is 17.8 Å². The lowest BCUT2D eigenvalue weighted by atomic mass is 10.3. The normalized spacial score (nSPS) is 12.0. The molecule has 2 aromatic rings. The lowest BCUT2D eigenvalue weighted by Crippen LogP contribution is -2.27. The second-order valence-electron chi connectivity index (χ2n) is 4.28. The predicted molar refractivity (Wildman–Crippen MR) is 75.7 cm³/mol. The van der Waals surface area contributed by atoms with Crippen LogP contribution in [-0.2, 0) is 23.2 Å².